The third-order valence-electron chi connectivity index (χ3n) is 5.52. The van der Waals surface area contributed by atoms with Crippen molar-refractivity contribution in [2.24, 2.45) is 5.92 Å². The largest absolute Gasteiger partial charge is 0.497 e. The monoisotopic (exact) mass is 401 g/mol. The van der Waals surface area contributed by atoms with Crippen LogP contribution in [0.1, 0.15) is 53.4 Å². The molecule has 5 nitrogen and oxygen atoms in total. The van der Waals surface area contributed by atoms with Crippen molar-refractivity contribution in [1.82, 2.24) is 0 Å². The number of anilines is 1. The number of rotatable bonds is 4. The minimum atomic E-state index is -0.358. The number of carbonyl (C=O) groups is 1. The molecule has 1 saturated heterocycles. The molecule has 2 heterocycles. The molecule has 0 saturated carbocycles. The summed E-state index contributed by atoms with van der Waals surface area (Å²) in [5.74, 6) is 0.715. The topological polar surface area (TPSA) is 56.8 Å². The summed E-state index contributed by atoms with van der Waals surface area (Å²) in [6, 6.07) is 11.4. The smallest absolute Gasteiger partial charge is 0.338 e. The third-order valence-corrected chi connectivity index (χ3v) is 5.85. The molecule has 4 rings (SSSR count). The number of esters is 1. The van der Waals surface area contributed by atoms with Crippen LogP contribution in [0.5, 0.6) is 5.75 Å². The molecule has 2 aromatic rings. The Bertz CT molecular complexity index is 885. The number of nitrogens with one attached hydrogen (secondary N) is 1. The van der Waals surface area contributed by atoms with Gasteiger partial charge in [-0.2, -0.15) is 0 Å². The van der Waals surface area contributed by atoms with E-state index >= 15 is 0 Å². The van der Waals surface area contributed by atoms with Crippen molar-refractivity contribution in [2.45, 2.75) is 31.9 Å². The first-order valence-corrected chi connectivity index (χ1v) is 10.0. The molecular weight excluding hydrogens is 378 g/mol. The lowest BCUT2D eigenvalue weighted by Crippen LogP contribution is -2.36. The van der Waals surface area contributed by atoms with E-state index in [0.29, 0.717) is 17.2 Å². The molecule has 0 radical (unpaired) electrons. The molecule has 3 atom stereocenters. The van der Waals surface area contributed by atoms with Crippen LogP contribution in [0.15, 0.2) is 36.4 Å². The van der Waals surface area contributed by atoms with Gasteiger partial charge in [0.1, 0.15) is 5.75 Å². The molecule has 2 aromatic carbocycles. The van der Waals surface area contributed by atoms with Crippen LogP contribution in [0.4, 0.5) is 5.69 Å². The predicted molar refractivity (Wildman–Crippen MR) is 108 cm³/mol. The second kappa shape index (κ2) is 8.02. The fourth-order valence-electron chi connectivity index (χ4n) is 4.20. The van der Waals surface area contributed by atoms with Crippen LogP contribution in [-0.4, -0.2) is 26.3 Å². The average molecular weight is 402 g/mol. The molecular formula is C22H24ClNO4. The van der Waals surface area contributed by atoms with Gasteiger partial charge in [0.25, 0.3) is 0 Å². The number of benzene rings is 2. The van der Waals surface area contributed by atoms with Gasteiger partial charge in [-0.15, -0.1) is 0 Å². The second-order valence-electron chi connectivity index (χ2n) is 7.13. The number of hydrogen-bond donors (Lipinski definition) is 1. The summed E-state index contributed by atoms with van der Waals surface area (Å²) >= 11 is 6.60. The summed E-state index contributed by atoms with van der Waals surface area (Å²) < 4.78 is 16.7. The Balaban J connectivity index is 1.70. The molecule has 2 aliphatic heterocycles. The summed E-state index contributed by atoms with van der Waals surface area (Å²) in [7, 11) is 1.67. The minimum Gasteiger partial charge on any atom is -0.497 e. The molecule has 1 fully saturated rings. The molecule has 0 aromatic heterocycles. The van der Waals surface area contributed by atoms with Crippen LogP contribution in [0.3, 0.4) is 0 Å². The maximum atomic E-state index is 12.0. The maximum absolute atomic E-state index is 12.0. The van der Waals surface area contributed by atoms with Crippen molar-refractivity contribution in [3.63, 3.8) is 0 Å². The summed E-state index contributed by atoms with van der Waals surface area (Å²) in [6.07, 6.45) is 2.04. The fraction of sp³-hybridized carbons (Fsp3) is 0.409. The number of ether oxygens (including phenoxy) is 3. The van der Waals surface area contributed by atoms with Crippen LogP contribution in [-0.2, 0) is 9.47 Å². The highest BCUT2D eigenvalue weighted by atomic mass is 35.5. The van der Waals surface area contributed by atoms with Gasteiger partial charge in [-0.1, -0.05) is 17.7 Å². The van der Waals surface area contributed by atoms with Crippen molar-refractivity contribution in [1.29, 1.82) is 0 Å². The highest BCUT2D eigenvalue weighted by Gasteiger charge is 2.40. The van der Waals surface area contributed by atoms with Crippen molar-refractivity contribution < 1.29 is 19.0 Å². The first kappa shape index (κ1) is 19.1. The first-order valence-electron chi connectivity index (χ1n) is 9.65. The quantitative estimate of drug-likeness (QED) is 0.717. The number of methoxy groups -OCH3 is 1. The van der Waals surface area contributed by atoms with Gasteiger partial charge < -0.3 is 19.5 Å². The number of hydrogen-bond acceptors (Lipinski definition) is 5. The lowest BCUT2D eigenvalue weighted by molar-refractivity contribution is -0.0382. The van der Waals surface area contributed by atoms with E-state index in [1.165, 1.54) is 0 Å². The Morgan fingerprint density at radius 3 is 2.86 bits per heavy atom. The Hall–Kier alpha value is -2.24. The van der Waals surface area contributed by atoms with Crippen molar-refractivity contribution in [3.05, 3.63) is 58.1 Å². The zero-order valence-corrected chi connectivity index (χ0v) is 16.8. The summed E-state index contributed by atoms with van der Waals surface area (Å²) in [5.41, 5.74) is 3.59. The summed E-state index contributed by atoms with van der Waals surface area (Å²) in [5, 5.41) is 4.20. The van der Waals surface area contributed by atoms with E-state index in [4.69, 9.17) is 25.8 Å². The Morgan fingerprint density at radius 2 is 2.11 bits per heavy atom. The molecule has 0 spiro atoms. The molecule has 28 heavy (non-hydrogen) atoms. The van der Waals surface area contributed by atoms with Gasteiger partial charge in [-0.25, -0.2) is 4.79 Å². The number of carbonyl (C=O) groups excluding carboxylic acids is 1. The van der Waals surface area contributed by atoms with Gasteiger partial charge >= 0.3 is 5.97 Å². The van der Waals surface area contributed by atoms with Crippen LogP contribution in [0, 0.1) is 5.92 Å². The Morgan fingerprint density at radius 1 is 1.25 bits per heavy atom. The summed E-state index contributed by atoms with van der Waals surface area (Å²) in [6.45, 7) is 2.87. The van der Waals surface area contributed by atoms with E-state index in [-0.39, 0.29) is 24.0 Å². The van der Waals surface area contributed by atoms with Gasteiger partial charge in [0, 0.05) is 28.8 Å². The highest BCUT2D eigenvalue weighted by molar-refractivity contribution is 6.31. The normalized spacial score (nSPS) is 23.2. The third kappa shape index (κ3) is 3.45. The molecule has 0 amide bonds. The van der Waals surface area contributed by atoms with Gasteiger partial charge in [-0.05, 0) is 55.7 Å². The molecule has 2 aliphatic rings. The van der Waals surface area contributed by atoms with Crippen molar-refractivity contribution in [3.8, 4) is 5.75 Å². The van der Waals surface area contributed by atoms with Crippen LogP contribution in [0.2, 0.25) is 5.02 Å². The van der Waals surface area contributed by atoms with E-state index in [1.807, 2.05) is 24.3 Å². The predicted octanol–water partition coefficient (Wildman–Crippen LogP) is 5.16. The lowest BCUT2D eigenvalue weighted by Gasteiger charge is -2.43. The van der Waals surface area contributed by atoms with E-state index in [2.05, 4.69) is 5.32 Å². The van der Waals surface area contributed by atoms with Gasteiger partial charge in [0.2, 0.25) is 0 Å². The molecule has 148 valence electrons. The maximum Gasteiger partial charge on any atom is 0.338 e. The molecule has 0 unspecified atom stereocenters. The van der Waals surface area contributed by atoms with Crippen LogP contribution < -0.4 is 10.1 Å². The Labute approximate surface area is 169 Å². The molecule has 1 N–H and O–H groups in total. The number of halogens is 1. The summed E-state index contributed by atoms with van der Waals surface area (Å²) in [4.78, 5) is 12.0. The highest BCUT2D eigenvalue weighted by Crippen LogP contribution is 2.50. The van der Waals surface area contributed by atoms with Gasteiger partial charge in [0.15, 0.2) is 0 Å². The Kier molecular flexibility index (Phi) is 5.47. The standard InChI is InChI=1S/C22H24ClNO4/c1-3-27-22(25)13-6-8-15(18(23)11-13)20-16-5-4-10-28-21(16)17-12-14(26-2)7-9-19(17)24-20/h6-9,11-12,16,20-21,24H,3-5,10H2,1-2H3/t16-,20-,21-/m1/s1. The zero-order valence-electron chi connectivity index (χ0n) is 16.0. The minimum absolute atomic E-state index is 0.00843. The van der Waals surface area contributed by atoms with Crippen molar-refractivity contribution >= 4 is 23.3 Å². The van der Waals surface area contributed by atoms with Crippen LogP contribution >= 0.6 is 11.6 Å². The lowest BCUT2D eigenvalue weighted by atomic mass is 9.77. The van der Waals surface area contributed by atoms with E-state index < -0.39 is 0 Å². The van der Waals surface area contributed by atoms with Gasteiger partial charge in [0.05, 0.1) is 31.4 Å². The molecule has 0 aliphatic carbocycles. The van der Waals surface area contributed by atoms with E-state index in [9.17, 15) is 4.79 Å². The van der Waals surface area contributed by atoms with E-state index in [1.54, 1.807) is 26.2 Å². The average Bonchev–Trinajstić information content (AvgIpc) is 2.73. The number of fused-ring (bicyclic) bond motifs is 3. The molecule has 6 heteroatoms. The second-order valence-corrected chi connectivity index (χ2v) is 7.54. The zero-order chi connectivity index (χ0) is 19.7. The molecule has 0 bridgehead atoms. The van der Waals surface area contributed by atoms with E-state index in [0.717, 1.165) is 42.0 Å². The fourth-order valence-corrected chi connectivity index (χ4v) is 4.50. The van der Waals surface area contributed by atoms with Crippen molar-refractivity contribution in [2.75, 3.05) is 25.6 Å². The van der Waals surface area contributed by atoms with Crippen LogP contribution in [0.25, 0.3) is 0 Å². The van der Waals surface area contributed by atoms with Gasteiger partial charge in [-0.3, -0.25) is 0 Å². The SMILES string of the molecule is CCOC(=O)c1ccc([C@H]2Nc3ccc(OC)cc3[C@@H]3OCCC[C@H]23)c(Cl)c1. The first-order chi connectivity index (χ1) is 13.6.